The molecule has 0 aliphatic heterocycles. The van der Waals surface area contributed by atoms with Gasteiger partial charge in [-0.05, 0) is 57.5 Å². The number of hydrogen-bond acceptors (Lipinski definition) is 6. The topological polar surface area (TPSA) is 115 Å². The van der Waals surface area contributed by atoms with E-state index in [1.165, 1.54) is 0 Å². The molecule has 0 unspecified atom stereocenters. The third kappa shape index (κ3) is 4.78. The molecule has 4 rings (SSSR count). The van der Waals surface area contributed by atoms with Crippen molar-refractivity contribution >= 4 is 17.5 Å². The molecule has 0 atom stereocenters. The smallest absolute Gasteiger partial charge is 0.269 e. The Bertz CT molecular complexity index is 1360. The maximum absolute atomic E-state index is 12.6. The summed E-state index contributed by atoms with van der Waals surface area (Å²) < 4.78 is 12.9. The van der Waals surface area contributed by atoms with Gasteiger partial charge in [0.25, 0.3) is 11.8 Å². The number of hydrogen-bond donors (Lipinski definition) is 2. The Labute approximate surface area is 197 Å². The van der Waals surface area contributed by atoms with Crippen LogP contribution in [0.25, 0.3) is 11.5 Å². The number of anilines is 1. The van der Waals surface area contributed by atoms with Crippen molar-refractivity contribution in [1.29, 1.82) is 0 Å². The van der Waals surface area contributed by atoms with Crippen LogP contribution in [0, 0.1) is 20.8 Å². The molecule has 1 aromatic carbocycles. The van der Waals surface area contributed by atoms with Crippen LogP contribution in [0.2, 0.25) is 0 Å². The molecular formula is C25H27N5O4. The lowest BCUT2D eigenvalue weighted by atomic mass is 10.2. The van der Waals surface area contributed by atoms with Crippen LogP contribution in [0.3, 0.4) is 0 Å². The Hall–Kier alpha value is -4.14. The number of carbonyl (C=O) groups excluding carboxylic acids is 2. The summed E-state index contributed by atoms with van der Waals surface area (Å²) in [5, 5.41) is 10.1. The lowest BCUT2D eigenvalue weighted by Crippen LogP contribution is -2.25. The van der Waals surface area contributed by atoms with Gasteiger partial charge < -0.3 is 19.5 Å². The van der Waals surface area contributed by atoms with Gasteiger partial charge in [0.1, 0.15) is 28.7 Å². The van der Waals surface area contributed by atoms with Gasteiger partial charge in [-0.2, -0.15) is 5.10 Å². The van der Waals surface area contributed by atoms with Crippen molar-refractivity contribution in [3.05, 3.63) is 76.3 Å². The molecule has 0 bridgehead atoms. The number of oxazole rings is 1. The number of aryl methyl sites for hydroxylation is 5. The number of carbonyl (C=O) groups is 2. The second-order valence-corrected chi connectivity index (χ2v) is 8.06. The fraction of sp³-hybridized carbons (Fsp3) is 0.280. The normalized spacial score (nSPS) is 11.0. The number of benzene rings is 1. The number of nitrogens with one attached hydrogen (secondary N) is 2. The van der Waals surface area contributed by atoms with Crippen molar-refractivity contribution in [2.45, 2.75) is 40.7 Å². The summed E-state index contributed by atoms with van der Waals surface area (Å²) in [7, 11) is 1.74. The molecule has 3 heterocycles. The Balaban J connectivity index is 1.46. The number of nitrogens with zero attached hydrogens (tertiary/aromatic N) is 3. The first-order valence-corrected chi connectivity index (χ1v) is 11.0. The fourth-order valence-corrected chi connectivity index (χ4v) is 3.67. The highest BCUT2D eigenvalue weighted by atomic mass is 16.4. The van der Waals surface area contributed by atoms with E-state index in [1.54, 1.807) is 56.8 Å². The molecule has 4 aromatic rings. The molecule has 0 saturated carbocycles. The van der Waals surface area contributed by atoms with Crippen LogP contribution in [-0.2, 0) is 20.0 Å². The summed E-state index contributed by atoms with van der Waals surface area (Å²) in [6, 6.07) is 10.7. The zero-order valence-corrected chi connectivity index (χ0v) is 19.9. The average molecular weight is 462 g/mol. The van der Waals surface area contributed by atoms with Gasteiger partial charge in [-0.3, -0.25) is 14.3 Å². The molecule has 0 aliphatic carbocycles. The predicted molar refractivity (Wildman–Crippen MR) is 127 cm³/mol. The van der Waals surface area contributed by atoms with E-state index < -0.39 is 0 Å². The van der Waals surface area contributed by atoms with Crippen molar-refractivity contribution in [2.24, 2.45) is 7.05 Å². The van der Waals surface area contributed by atoms with Crippen LogP contribution in [-0.4, -0.2) is 26.6 Å². The highest BCUT2D eigenvalue weighted by Crippen LogP contribution is 2.25. The molecule has 0 fully saturated rings. The lowest BCUT2D eigenvalue weighted by Gasteiger charge is -2.05. The summed E-state index contributed by atoms with van der Waals surface area (Å²) in [5.74, 6) is 1.78. The fourth-order valence-electron chi connectivity index (χ4n) is 3.67. The van der Waals surface area contributed by atoms with E-state index in [2.05, 4.69) is 20.7 Å². The SMILES string of the molecule is CCc1cc(C(=O)NCc2nc(-c3cccc(NC(=O)c4cc(C)oc4C)c3)oc2C)n(C)n1. The molecule has 0 saturated heterocycles. The average Bonchev–Trinajstić information content (AvgIpc) is 3.48. The minimum atomic E-state index is -0.250. The summed E-state index contributed by atoms with van der Waals surface area (Å²) in [6.45, 7) is 7.56. The molecule has 0 spiro atoms. The number of rotatable bonds is 7. The number of amides is 2. The van der Waals surface area contributed by atoms with Crippen LogP contribution in [0.5, 0.6) is 0 Å². The van der Waals surface area contributed by atoms with Gasteiger partial charge in [0.15, 0.2) is 0 Å². The quantitative estimate of drug-likeness (QED) is 0.423. The van der Waals surface area contributed by atoms with E-state index in [4.69, 9.17) is 8.83 Å². The molecule has 9 heteroatoms. The molecule has 2 amide bonds. The van der Waals surface area contributed by atoms with E-state index in [-0.39, 0.29) is 18.4 Å². The summed E-state index contributed by atoms with van der Waals surface area (Å²) in [6.07, 6.45) is 0.758. The summed E-state index contributed by atoms with van der Waals surface area (Å²) in [4.78, 5) is 29.7. The van der Waals surface area contributed by atoms with Crippen LogP contribution in [0.1, 0.15) is 56.4 Å². The maximum atomic E-state index is 12.6. The van der Waals surface area contributed by atoms with E-state index in [9.17, 15) is 9.59 Å². The van der Waals surface area contributed by atoms with E-state index in [0.29, 0.717) is 51.4 Å². The molecule has 0 aliphatic rings. The van der Waals surface area contributed by atoms with Crippen molar-refractivity contribution in [1.82, 2.24) is 20.1 Å². The third-order valence-corrected chi connectivity index (χ3v) is 5.49. The van der Waals surface area contributed by atoms with Gasteiger partial charge in [-0.15, -0.1) is 0 Å². The van der Waals surface area contributed by atoms with Gasteiger partial charge in [-0.25, -0.2) is 4.98 Å². The largest absolute Gasteiger partial charge is 0.466 e. The van der Waals surface area contributed by atoms with Gasteiger partial charge in [-0.1, -0.05) is 13.0 Å². The second kappa shape index (κ2) is 9.38. The van der Waals surface area contributed by atoms with Crippen molar-refractivity contribution in [3.8, 4) is 11.5 Å². The van der Waals surface area contributed by atoms with Crippen molar-refractivity contribution in [2.75, 3.05) is 5.32 Å². The highest BCUT2D eigenvalue weighted by molar-refractivity contribution is 6.05. The molecule has 0 radical (unpaired) electrons. The first kappa shape index (κ1) is 23.0. The van der Waals surface area contributed by atoms with Gasteiger partial charge >= 0.3 is 0 Å². The minimum Gasteiger partial charge on any atom is -0.466 e. The first-order valence-electron chi connectivity index (χ1n) is 11.0. The molecule has 34 heavy (non-hydrogen) atoms. The summed E-state index contributed by atoms with van der Waals surface area (Å²) >= 11 is 0. The van der Waals surface area contributed by atoms with Gasteiger partial charge in [0, 0.05) is 18.3 Å². The highest BCUT2D eigenvalue weighted by Gasteiger charge is 2.17. The van der Waals surface area contributed by atoms with Crippen LogP contribution in [0.4, 0.5) is 5.69 Å². The lowest BCUT2D eigenvalue weighted by molar-refractivity contribution is 0.0940. The Morgan fingerprint density at radius 1 is 1.03 bits per heavy atom. The number of aromatic nitrogens is 3. The standard InChI is InChI=1S/C25H27N5O4/c1-6-18-12-22(30(5)29-18)24(32)26-13-21-16(4)34-25(28-21)17-8-7-9-19(11-17)27-23(31)20-10-14(2)33-15(20)3/h7-12H,6,13H2,1-5H3,(H,26,32)(H,27,31). The van der Waals surface area contributed by atoms with E-state index in [0.717, 1.165) is 12.1 Å². The molecule has 3 aromatic heterocycles. The monoisotopic (exact) mass is 461 g/mol. The molecular weight excluding hydrogens is 434 g/mol. The zero-order chi connectivity index (χ0) is 24.4. The Morgan fingerprint density at radius 3 is 2.50 bits per heavy atom. The number of furan rings is 1. The van der Waals surface area contributed by atoms with Gasteiger partial charge in [0.05, 0.1) is 17.8 Å². The van der Waals surface area contributed by atoms with Crippen molar-refractivity contribution < 1.29 is 18.4 Å². The van der Waals surface area contributed by atoms with Crippen LogP contribution in [0.15, 0.2) is 45.2 Å². The van der Waals surface area contributed by atoms with Crippen LogP contribution < -0.4 is 10.6 Å². The second-order valence-electron chi connectivity index (χ2n) is 8.06. The minimum absolute atomic E-state index is 0.219. The van der Waals surface area contributed by atoms with Crippen molar-refractivity contribution in [3.63, 3.8) is 0 Å². The molecule has 9 nitrogen and oxygen atoms in total. The van der Waals surface area contributed by atoms with E-state index in [1.807, 2.05) is 19.1 Å². The Morgan fingerprint density at radius 2 is 1.82 bits per heavy atom. The van der Waals surface area contributed by atoms with E-state index >= 15 is 0 Å². The predicted octanol–water partition coefficient (Wildman–Crippen LogP) is 4.34. The third-order valence-electron chi connectivity index (χ3n) is 5.49. The zero-order valence-electron chi connectivity index (χ0n) is 19.9. The van der Waals surface area contributed by atoms with Crippen LogP contribution >= 0.6 is 0 Å². The first-order chi connectivity index (χ1) is 16.2. The molecule has 2 N–H and O–H groups in total. The summed E-state index contributed by atoms with van der Waals surface area (Å²) in [5.41, 5.74) is 3.78. The maximum Gasteiger partial charge on any atom is 0.269 e. The van der Waals surface area contributed by atoms with Gasteiger partial charge in [0.2, 0.25) is 5.89 Å². The molecule has 176 valence electrons. The Kier molecular flexibility index (Phi) is 6.36.